The van der Waals surface area contributed by atoms with Crippen LogP contribution in [0, 0.1) is 5.41 Å². The van der Waals surface area contributed by atoms with Crippen molar-refractivity contribution in [1.82, 2.24) is 0 Å². The molecule has 2 nitrogen and oxygen atoms in total. The molecule has 0 saturated carbocycles. The summed E-state index contributed by atoms with van der Waals surface area (Å²) >= 11 is 0. The Kier molecular flexibility index (Phi) is 4.45. The number of fused-ring (bicyclic) bond motifs is 4. The molecule has 2 aliphatic carbocycles. The van der Waals surface area contributed by atoms with Crippen LogP contribution in [-0.2, 0) is 18.3 Å². The molecule has 1 spiro atoms. The normalized spacial score (nSPS) is 19.8. The van der Waals surface area contributed by atoms with Crippen LogP contribution in [0.15, 0.2) is 109 Å². The highest BCUT2D eigenvalue weighted by molar-refractivity contribution is 6.22. The van der Waals surface area contributed by atoms with Gasteiger partial charge in [0.15, 0.2) is 11.6 Å². The molecule has 33 heavy (non-hydrogen) atoms. The quantitative estimate of drug-likeness (QED) is 0.285. The first-order valence-electron chi connectivity index (χ1n) is 11.5. The van der Waals surface area contributed by atoms with E-state index in [0.717, 1.165) is 29.5 Å². The Hall–Kier alpha value is -3.78. The Labute approximate surface area is 193 Å². The minimum atomic E-state index is -1.23. The fraction of sp³-hybridized carbons (Fsp3) is 0.161. The van der Waals surface area contributed by atoms with Crippen molar-refractivity contribution in [2.75, 3.05) is 0 Å². The molecule has 4 aromatic carbocycles. The molecule has 4 aromatic rings. The molecule has 1 unspecified atom stereocenters. The number of hydrogen-bond donors (Lipinski definition) is 0. The van der Waals surface area contributed by atoms with E-state index in [9.17, 15) is 9.59 Å². The Morgan fingerprint density at radius 3 is 1.58 bits per heavy atom. The number of carbonyl (C=O) groups is 2. The van der Waals surface area contributed by atoms with Gasteiger partial charge in [-0.3, -0.25) is 9.59 Å². The summed E-state index contributed by atoms with van der Waals surface area (Å²) in [5.74, 6) is -0.158. The summed E-state index contributed by atoms with van der Waals surface area (Å²) in [6.45, 7) is 0. The van der Waals surface area contributed by atoms with Crippen LogP contribution in [0.5, 0.6) is 0 Å². The molecule has 6 rings (SSSR count). The van der Waals surface area contributed by atoms with Crippen molar-refractivity contribution in [3.8, 4) is 0 Å². The third-order valence-corrected chi connectivity index (χ3v) is 7.76. The number of ketones is 2. The fourth-order valence-corrected chi connectivity index (χ4v) is 6.41. The van der Waals surface area contributed by atoms with Crippen molar-refractivity contribution in [2.24, 2.45) is 5.41 Å². The minimum absolute atomic E-state index is 0.0788. The molecular weight excluding hydrogens is 404 g/mol. The van der Waals surface area contributed by atoms with E-state index in [2.05, 4.69) is 30.3 Å². The van der Waals surface area contributed by atoms with Crippen molar-refractivity contribution >= 4 is 11.6 Å². The summed E-state index contributed by atoms with van der Waals surface area (Å²) in [6, 6.07) is 35.4. The van der Waals surface area contributed by atoms with Crippen molar-refractivity contribution in [3.05, 3.63) is 143 Å². The topological polar surface area (TPSA) is 34.1 Å². The van der Waals surface area contributed by atoms with Gasteiger partial charge in [-0.05, 0) is 41.5 Å². The van der Waals surface area contributed by atoms with Crippen LogP contribution < -0.4 is 0 Å². The molecule has 2 aliphatic rings. The SMILES string of the molecule is O=C(c1ccccc1)C1(C(=O)c2ccccc2)Cc2ccccc2C12CCc1ccccc12. The Morgan fingerprint density at radius 2 is 1.00 bits per heavy atom. The Morgan fingerprint density at radius 1 is 0.545 bits per heavy atom. The maximum atomic E-state index is 14.6. The second kappa shape index (κ2) is 7.38. The number of carbonyl (C=O) groups excluding carboxylic acids is 2. The zero-order valence-electron chi connectivity index (χ0n) is 18.3. The lowest BCUT2D eigenvalue weighted by atomic mass is 9.55. The molecule has 2 heteroatoms. The zero-order valence-corrected chi connectivity index (χ0v) is 18.3. The molecule has 0 aliphatic heterocycles. The van der Waals surface area contributed by atoms with Crippen LogP contribution in [0.25, 0.3) is 0 Å². The standard InChI is InChI=1S/C31H24O2/c32-28(23-12-3-1-4-13-23)31(29(33)24-14-5-2-6-15-24)21-25-16-8-10-18-27(25)30(31)20-19-22-11-7-9-17-26(22)30/h1-18H,19-21H2. The van der Waals surface area contributed by atoms with Crippen LogP contribution in [0.1, 0.15) is 49.4 Å². The molecule has 0 bridgehead atoms. The monoisotopic (exact) mass is 428 g/mol. The van der Waals surface area contributed by atoms with Gasteiger partial charge in [-0.15, -0.1) is 0 Å². The van der Waals surface area contributed by atoms with E-state index in [4.69, 9.17) is 0 Å². The van der Waals surface area contributed by atoms with E-state index in [1.165, 1.54) is 5.56 Å². The predicted molar refractivity (Wildman–Crippen MR) is 130 cm³/mol. The van der Waals surface area contributed by atoms with E-state index in [1.807, 2.05) is 78.9 Å². The van der Waals surface area contributed by atoms with Crippen LogP contribution in [0.2, 0.25) is 0 Å². The van der Waals surface area contributed by atoms with Gasteiger partial charge in [0.2, 0.25) is 0 Å². The summed E-state index contributed by atoms with van der Waals surface area (Å²) in [5, 5.41) is 0. The first-order valence-corrected chi connectivity index (χ1v) is 11.5. The second-order valence-electron chi connectivity index (χ2n) is 9.19. The Balaban J connectivity index is 1.71. The number of rotatable bonds is 4. The van der Waals surface area contributed by atoms with E-state index >= 15 is 0 Å². The van der Waals surface area contributed by atoms with Crippen LogP contribution in [-0.4, -0.2) is 11.6 Å². The molecule has 0 fully saturated rings. The highest BCUT2D eigenvalue weighted by Crippen LogP contribution is 2.63. The second-order valence-corrected chi connectivity index (χ2v) is 9.19. The van der Waals surface area contributed by atoms with E-state index in [0.29, 0.717) is 17.5 Å². The van der Waals surface area contributed by atoms with Gasteiger partial charge in [-0.1, -0.05) is 109 Å². The van der Waals surface area contributed by atoms with Crippen molar-refractivity contribution < 1.29 is 9.59 Å². The number of benzene rings is 4. The first kappa shape index (κ1) is 19.9. The third-order valence-electron chi connectivity index (χ3n) is 7.76. The van der Waals surface area contributed by atoms with E-state index in [-0.39, 0.29) is 11.6 Å². The van der Waals surface area contributed by atoms with Gasteiger partial charge in [0, 0.05) is 16.5 Å². The molecule has 0 amide bonds. The van der Waals surface area contributed by atoms with Gasteiger partial charge in [0.05, 0.1) is 0 Å². The average molecular weight is 429 g/mol. The molecule has 160 valence electrons. The van der Waals surface area contributed by atoms with Gasteiger partial charge < -0.3 is 0 Å². The van der Waals surface area contributed by atoms with Gasteiger partial charge in [0.1, 0.15) is 5.41 Å². The summed E-state index contributed by atoms with van der Waals surface area (Å²) in [7, 11) is 0. The molecule has 1 atom stereocenters. The summed E-state index contributed by atoms with van der Waals surface area (Å²) in [4.78, 5) is 29.2. The van der Waals surface area contributed by atoms with Crippen molar-refractivity contribution in [1.29, 1.82) is 0 Å². The molecule has 0 saturated heterocycles. The maximum absolute atomic E-state index is 14.6. The lowest BCUT2D eigenvalue weighted by Crippen LogP contribution is -2.53. The predicted octanol–water partition coefficient (Wildman–Crippen LogP) is 6.23. The number of hydrogen-bond acceptors (Lipinski definition) is 2. The van der Waals surface area contributed by atoms with Crippen molar-refractivity contribution in [2.45, 2.75) is 24.7 Å². The van der Waals surface area contributed by atoms with E-state index in [1.54, 1.807) is 0 Å². The van der Waals surface area contributed by atoms with Crippen LogP contribution in [0.4, 0.5) is 0 Å². The largest absolute Gasteiger partial charge is 0.293 e. The zero-order chi connectivity index (χ0) is 22.5. The van der Waals surface area contributed by atoms with Gasteiger partial charge in [-0.2, -0.15) is 0 Å². The number of aryl methyl sites for hydroxylation is 1. The molecular formula is C31H24O2. The Bertz CT molecular complexity index is 1310. The maximum Gasteiger partial charge on any atom is 0.178 e. The summed E-state index contributed by atoms with van der Waals surface area (Å²) in [6.07, 6.45) is 2.02. The number of Topliss-reactive ketones (excluding diaryl/α,β-unsaturated/α-hetero) is 2. The highest BCUT2D eigenvalue weighted by atomic mass is 16.2. The molecule has 0 radical (unpaired) electrons. The molecule has 0 heterocycles. The van der Waals surface area contributed by atoms with Crippen molar-refractivity contribution in [3.63, 3.8) is 0 Å². The molecule has 0 N–H and O–H groups in total. The average Bonchev–Trinajstić information content (AvgIpc) is 3.42. The third kappa shape index (κ3) is 2.61. The highest BCUT2D eigenvalue weighted by Gasteiger charge is 2.67. The van der Waals surface area contributed by atoms with E-state index < -0.39 is 10.8 Å². The first-order chi connectivity index (χ1) is 16.2. The molecule has 0 aromatic heterocycles. The minimum Gasteiger partial charge on any atom is -0.293 e. The smallest absolute Gasteiger partial charge is 0.178 e. The lowest BCUT2D eigenvalue weighted by Gasteiger charge is -2.43. The fourth-order valence-electron chi connectivity index (χ4n) is 6.41. The van der Waals surface area contributed by atoms with Gasteiger partial charge in [-0.25, -0.2) is 0 Å². The van der Waals surface area contributed by atoms with Gasteiger partial charge >= 0.3 is 0 Å². The lowest BCUT2D eigenvalue weighted by molar-refractivity contribution is 0.0562. The summed E-state index contributed by atoms with van der Waals surface area (Å²) in [5.41, 5.74) is 3.87. The summed E-state index contributed by atoms with van der Waals surface area (Å²) < 4.78 is 0. The van der Waals surface area contributed by atoms with Crippen LogP contribution >= 0.6 is 0 Å². The van der Waals surface area contributed by atoms with Crippen LogP contribution in [0.3, 0.4) is 0 Å². The van der Waals surface area contributed by atoms with Gasteiger partial charge in [0.25, 0.3) is 0 Å².